The van der Waals surface area contributed by atoms with Crippen LogP contribution in [0.15, 0.2) is 48.5 Å². The highest BCUT2D eigenvalue weighted by Gasteiger charge is 2.50. The summed E-state index contributed by atoms with van der Waals surface area (Å²) < 4.78 is 0. The van der Waals surface area contributed by atoms with Crippen LogP contribution in [0.2, 0.25) is 0 Å². The van der Waals surface area contributed by atoms with Gasteiger partial charge in [0.1, 0.15) is 0 Å². The molecule has 0 amide bonds. The second kappa shape index (κ2) is 9.86. The third-order valence-corrected chi connectivity index (χ3v) is 8.39. The lowest BCUT2D eigenvalue weighted by atomic mass is 9.93. The molecule has 2 aromatic carbocycles. The van der Waals surface area contributed by atoms with E-state index in [9.17, 15) is 0 Å². The monoisotopic (exact) mass is 457 g/mol. The Labute approximate surface area is 199 Å². The number of hydrogen-bond donors (Lipinski definition) is 0. The van der Waals surface area contributed by atoms with E-state index in [1.807, 2.05) is 0 Å². The smallest absolute Gasteiger partial charge is 0.0699 e. The zero-order valence-electron chi connectivity index (χ0n) is 19.2. The molecule has 4 rings (SSSR count). The molecule has 0 heterocycles. The summed E-state index contributed by atoms with van der Waals surface area (Å²) in [6.07, 6.45) is 10.2. The second-order valence-electron chi connectivity index (χ2n) is 9.68. The zero-order chi connectivity index (χ0) is 21.9. The summed E-state index contributed by atoms with van der Waals surface area (Å²) in [4.78, 5) is 2.42. The first-order chi connectivity index (χ1) is 15.0. The van der Waals surface area contributed by atoms with Crippen molar-refractivity contribution in [1.29, 1.82) is 0 Å². The number of nitrogens with zero attached hydrogens (tertiary/aromatic N) is 1. The first-order valence-electron chi connectivity index (χ1n) is 12.3. The van der Waals surface area contributed by atoms with Crippen molar-refractivity contribution in [2.45, 2.75) is 87.4 Å². The standard InChI is InChI=1S/C28H37Cl2N/c1-3-19-31(20-14-22-8-6-5-7-9-22)24(4-2)12-10-23-11-13-25(27(29)15-16-27)26(21-23)28(30)17-18-28/h5-9,11,13,21,24H,3-4,10,12,14-20H2,1-2H3. The number of benzene rings is 2. The minimum Gasteiger partial charge on any atom is -0.300 e. The molecule has 2 aliphatic rings. The first-order valence-corrected chi connectivity index (χ1v) is 13.0. The highest BCUT2D eigenvalue weighted by Crippen LogP contribution is 2.60. The lowest BCUT2D eigenvalue weighted by Gasteiger charge is -2.31. The van der Waals surface area contributed by atoms with Crippen molar-refractivity contribution < 1.29 is 0 Å². The van der Waals surface area contributed by atoms with Crippen LogP contribution in [0.25, 0.3) is 0 Å². The van der Waals surface area contributed by atoms with Crippen LogP contribution in [-0.2, 0) is 22.6 Å². The molecular formula is C28H37Cl2N. The summed E-state index contributed by atoms with van der Waals surface area (Å²) in [6.45, 7) is 6.95. The summed E-state index contributed by atoms with van der Waals surface area (Å²) in [5, 5.41) is 0. The van der Waals surface area contributed by atoms with Gasteiger partial charge in [-0.1, -0.05) is 62.4 Å². The molecule has 0 aromatic heterocycles. The predicted octanol–water partition coefficient (Wildman–Crippen LogP) is 7.81. The normalized spacial score (nSPS) is 19.4. The molecule has 1 unspecified atom stereocenters. The Hall–Kier alpha value is -1.02. The van der Waals surface area contributed by atoms with Gasteiger partial charge in [0.05, 0.1) is 9.75 Å². The summed E-state index contributed by atoms with van der Waals surface area (Å²) in [7, 11) is 0. The van der Waals surface area contributed by atoms with Crippen LogP contribution >= 0.6 is 23.2 Å². The van der Waals surface area contributed by atoms with Gasteiger partial charge in [-0.05, 0) is 86.6 Å². The molecule has 0 radical (unpaired) electrons. The quantitative estimate of drug-likeness (QED) is 0.293. The van der Waals surface area contributed by atoms with Crippen molar-refractivity contribution in [1.82, 2.24) is 4.90 Å². The van der Waals surface area contributed by atoms with Crippen LogP contribution in [0, 0.1) is 0 Å². The van der Waals surface area contributed by atoms with E-state index in [0.717, 1.165) is 45.1 Å². The molecule has 168 valence electrons. The largest absolute Gasteiger partial charge is 0.300 e. The second-order valence-corrected chi connectivity index (χ2v) is 11.1. The molecule has 0 saturated heterocycles. The number of hydrogen-bond acceptors (Lipinski definition) is 1. The van der Waals surface area contributed by atoms with E-state index in [-0.39, 0.29) is 9.75 Å². The molecule has 1 nitrogen and oxygen atoms in total. The lowest BCUT2D eigenvalue weighted by molar-refractivity contribution is 0.183. The van der Waals surface area contributed by atoms with Crippen molar-refractivity contribution in [2.24, 2.45) is 0 Å². The molecule has 0 N–H and O–H groups in total. The minimum atomic E-state index is -0.149. The fourth-order valence-electron chi connectivity index (χ4n) is 4.93. The lowest BCUT2D eigenvalue weighted by Crippen LogP contribution is -2.37. The Bertz CT molecular complexity index is 855. The van der Waals surface area contributed by atoms with Crippen molar-refractivity contribution in [3.05, 3.63) is 70.8 Å². The van der Waals surface area contributed by atoms with Crippen LogP contribution in [0.1, 0.15) is 81.0 Å². The van der Waals surface area contributed by atoms with Gasteiger partial charge in [-0.2, -0.15) is 0 Å². The fraction of sp³-hybridized carbons (Fsp3) is 0.571. The van der Waals surface area contributed by atoms with Gasteiger partial charge in [-0.3, -0.25) is 0 Å². The molecule has 0 aliphatic heterocycles. The Morgan fingerprint density at radius 2 is 1.48 bits per heavy atom. The predicted molar refractivity (Wildman–Crippen MR) is 134 cm³/mol. The molecule has 2 aromatic rings. The van der Waals surface area contributed by atoms with Crippen molar-refractivity contribution in [2.75, 3.05) is 13.1 Å². The molecule has 0 bridgehead atoms. The maximum atomic E-state index is 6.89. The third-order valence-electron chi connectivity index (χ3n) is 7.22. The average Bonchev–Trinajstić information content (AvgIpc) is 3.72. The summed E-state index contributed by atoms with van der Waals surface area (Å²) in [5.41, 5.74) is 5.48. The van der Waals surface area contributed by atoms with E-state index in [0.29, 0.717) is 6.04 Å². The molecule has 3 heteroatoms. The van der Waals surface area contributed by atoms with Gasteiger partial charge < -0.3 is 4.90 Å². The molecule has 31 heavy (non-hydrogen) atoms. The van der Waals surface area contributed by atoms with E-state index >= 15 is 0 Å². The van der Waals surface area contributed by atoms with Gasteiger partial charge in [-0.15, -0.1) is 23.2 Å². The van der Waals surface area contributed by atoms with Crippen LogP contribution < -0.4 is 0 Å². The van der Waals surface area contributed by atoms with Gasteiger partial charge >= 0.3 is 0 Å². The van der Waals surface area contributed by atoms with Gasteiger partial charge in [-0.25, -0.2) is 0 Å². The maximum absolute atomic E-state index is 6.89. The average molecular weight is 459 g/mol. The van der Waals surface area contributed by atoms with E-state index in [1.165, 1.54) is 48.1 Å². The highest BCUT2D eigenvalue weighted by molar-refractivity contribution is 6.28. The van der Waals surface area contributed by atoms with Crippen molar-refractivity contribution in [3.8, 4) is 0 Å². The fourth-order valence-corrected chi connectivity index (χ4v) is 5.44. The van der Waals surface area contributed by atoms with Crippen LogP contribution in [0.4, 0.5) is 0 Å². The van der Waals surface area contributed by atoms with Crippen LogP contribution in [0.5, 0.6) is 0 Å². The third kappa shape index (κ3) is 5.67. The summed E-state index contributed by atoms with van der Waals surface area (Å²) in [6, 6.07) is 18.5. The van der Waals surface area contributed by atoms with Crippen molar-refractivity contribution in [3.63, 3.8) is 0 Å². The number of rotatable bonds is 12. The van der Waals surface area contributed by atoms with Crippen molar-refractivity contribution >= 4 is 23.2 Å². The molecule has 2 saturated carbocycles. The molecule has 2 fully saturated rings. The number of aryl methyl sites for hydroxylation is 1. The van der Waals surface area contributed by atoms with Gasteiger partial charge in [0.2, 0.25) is 0 Å². The highest BCUT2D eigenvalue weighted by atomic mass is 35.5. The van der Waals surface area contributed by atoms with Gasteiger partial charge in [0.15, 0.2) is 0 Å². The minimum absolute atomic E-state index is 0.139. The first kappa shape index (κ1) is 23.1. The van der Waals surface area contributed by atoms with E-state index < -0.39 is 0 Å². The van der Waals surface area contributed by atoms with E-state index in [4.69, 9.17) is 23.2 Å². The maximum Gasteiger partial charge on any atom is 0.0699 e. The van der Waals surface area contributed by atoms with E-state index in [1.54, 1.807) is 0 Å². The Morgan fingerprint density at radius 3 is 2.10 bits per heavy atom. The summed E-state index contributed by atoms with van der Waals surface area (Å²) >= 11 is 13.7. The van der Waals surface area contributed by atoms with E-state index in [2.05, 4.69) is 67.3 Å². The molecular weight excluding hydrogens is 421 g/mol. The van der Waals surface area contributed by atoms with Gasteiger partial charge in [0.25, 0.3) is 0 Å². The van der Waals surface area contributed by atoms with Crippen LogP contribution in [0.3, 0.4) is 0 Å². The Balaban J connectivity index is 1.42. The summed E-state index contributed by atoms with van der Waals surface area (Å²) in [5.74, 6) is 0. The molecule has 1 atom stereocenters. The Kier molecular flexibility index (Phi) is 7.36. The van der Waals surface area contributed by atoms with Crippen LogP contribution in [-0.4, -0.2) is 24.0 Å². The topological polar surface area (TPSA) is 3.24 Å². The zero-order valence-corrected chi connectivity index (χ0v) is 20.7. The molecule has 2 aliphatic carbocycles. The van der Waals surface area contributed by atoms with Gasteiger partial charge in [0, 0.05) is 12.6 Å². The number of alkyl halides is 2. The molecule has 0 spiro atoms. The SMILES string of the molecule is CCCN(CCc1ccccc1)C(CC)CCc1ccc(C2(Cl)CC2)c(C2(Cl)CC2)c1. The number of halogens is 2. The Morgan fingerprint density at radius 1 is 0.806 bits per heavy atom.